The Morgan fingerprint density at radius 1 is 1.11 bits per heavy atom. The lowest BCUT2D eigenvalue weighted by Crippen LogP contribution is -2.56. The Morgan fingerprint density at radius 3 is 2.37 bits per heavy atom. The van der Waals surface area contributed by atoms with Crippen LogP contribution in [0.15, 0.2) is 30.3 Å². The molecule has 3 atom stereocenters. The SMILES string of the molecule is CNC(C)C(=O)NC(C(=O)N1CCCC1C(=O)Nc1ccccc1)C(C)C. The number of nitrogens with one attached hydrogen (secondary N) is 3. The summed E-state index contributed by atoms with van der Waals surface area (Å²) in [5.41, 5.74) is 0.707. The maximum Gasteiger partial charge on any atom is 0.247 e. The number of hydrogen-bond donors (Lipinski definition) is 3. The molecule has 3 amide bonds. The summed E-state index contributed by atoms with van der Waals surface area (Å²) >= 11 is 0. The van der Waals surface area contributed by atoms with E-state index >= 15 is 0 Å². The van der Waals surface area contributed by atoms with Gasteiger partial charge in [0.05, 0.1) is 6.04 Å². The van der Waals surface area contributed by atoms with E-state index in [4.69, 9.17) is 0 Å². The summed E-state index contributed by atoms with van der Waals surface area (Å²) in [5, 5.41) is 8.57. The highest BCUT2D eigenvalue weighted by Crippen LogP contribution is 2.22. The number of likely N-dealkylation sites (N-methyl/N-ethyl adjacent to an activating group) is 1. The van der Waals surface area contributed by atoms with Gasteiger partial charge in [0.2, 0.25) is 17.7 Å². The zero-order valence-corrected chi connectivity index (χ0v) is 16.5. The number of rotatable bonds is 7. The molecule has 1 saturated heterocycles. The molecule has 7 nitrogen and oxygen atoms in total. The number of nitrogens with zero attached hydrogens (tertiary/aromatic N) is 1. The van der Waals surface area contributed by atoms with Gasteiger partial charge in [0, 0.05) is 12.2 Å². The average Bonchev–Trinajstić information content (AvgIpc) is 3.15. The van der Waals surface area contributed by atoms with E-state index in [1.165, 1.54) is 0 Å². The second-order valence-corrected chi connectivity index (χ2v) is 7.29. The second-order valence-electron chi connectivity index (χ2n) is 7.29. The number of carbonyl (C=O) groups excluding carboxylic acids is 3. The molecular formula is C20H30N4O3. The highest BCUT2D eigenvalue weighted by molar-refractivity contribution is 5.99. The number of amides is 3. The normalized spacial score (nSPS) is 18.9. The van der Waals surface area contributed by atoms with Crippen LogP contribution < -0.4 is 16.0 Å². The first-order valence-corrected chi connectivity index (χ1v) is 9.49. The molecule has 0 radical (unpaired) electrons. The van der Waals surface area contributed by atoms with Crippen LogP contribution >= 0.6 is 0 Å². The minimum atomic E-state index is -0.654. The van der Waals surface area contributed by atoms with E-state index in [2.05, 4.69) is 16.0 Å². The van der Waals surface area contributed by atoms with Gasteiger partial charge in [-0.25, -0.2) is 0 Å². The van der Waals surface area contributed by atoms with Crippen LogP contribution in [0.3, 0.4) is 0 Å². The molecule has 1 heterocycles. The lowest BCUT2D eigenvalue weighted by atomic mass is 10.0. The van der Waals surface area contributed by atoms with Gasteiger partial charge in [-0.05, 0) is 44.9 Å². The molecule has 7 heteroatoms. The van der Waals surface area contributed by atoms with Crippen molar-refractivity contribution >= 4 is 23.4 Å². The fourth-order valence-electron chi connectivity index (χ4n) is 3.15. The third kappa shape index (κ3) is 5.29. The minimum absolute atomic E-state index is 0.0797. The molecule has 0 bridgehead atoms. The Hall–Kier alpha value is -2.41. The van der Waals surface area contributed by atoms with Crippen LogP contribution in [0.5, 0.6) is 0 Å². The Labute approximate surface area is 160 Å². The van der Waals surface area contributed by atoms with E-state index in [0.29, 0.717) is 18.7 Å². The number of benzene rings is 1. The van der Waals surface area contributed by atoms with Gasteiger partial charge < -0.3 is 20.9 Å². The quantitative estimate of drug-likeness (QED) is 0.672. The Morgan fingerprint density at radius 2 is 1.78 bits per heavy atom. The van der Waals surface area contributed by atoms with Crippen LogP contribution in [0.2, 0.25) is 0 Å². The van der Waals surface area contributed by atoms with Gasteiger partial charge in [0.15, 0.2) is 0 Å². The van der Waals surface area contributed by atoms with E-state index in [0.717, 1.165) is 6.42 Å². The van der Waals surface area contributed by atoms with Crippen molar-refractivity contribution in [2.75, 3.05) is 18.9 Å². The molecular weight excluding hydrogens is 344 g/mol. The second kappa shape index (κ2) is 9.50. The summed E-state index contributed by atoms with van der Waals surface area (Å²) in [6.45, 7) is 6.04. The molecule has 0 aromatic heterocycles. The monoisotopic (exact) mass is 374 g/mol. The van der Waals surface area contributed by atoms with Crippen LogP contribution in [0.4, 0.5) is 5.69 Å². The third-order valence-electron chi connectivity index (χ3n) is 4.94. The van der Waals surface area contributed by atoms with Crippen LogP contribution in [-0.4, -0.2) is 54.3 Å². The zero-order valence-electron chi connectivity index (χ0n) is 16.5. The van der Waals surface area contributed by atoms with E-state index in [1.54, 1.807) is 18.9 Å². The highest BCUT2D eigenvalue weighted by Gasteiger charge is 2.38. The van der Waals surface area contributed by atoms with Crippen molar-refractivity contribution in [2.45, 2.75) is 51.7 Å². The Kier molecular flexibility index (Phi) is 7.36. The molecule has 0 saturated carbocycles. The summed E-state index contributed by atoms with van der Waals surface area (Å²) in [5.74, 6) is -0.699. The van der Waals surface area contributed by atoms with E-state index < -0.39 is 18.1 Å². The highest BCUT2D eigenvalue weighted by atomic mass is 16.2. The average molecular weight is 374 g/mol. The Balaban J connectivity index is 2.09. The molecule has 0 spiro atoms. The lowest BCUT2D eigenvalue weighted by Gasteiger charge is -2.31. The predicted octanol–water partition coefficient (Wildman–Crippen LogP) is 1.36. The standard InChI is InChI=1S/C20H30N4O3/c1-13(2)17(23-18(25)14(3)21-4)20(27)24-12-8-11-16(24)19(26)22-15-9-6-5-7-10-15/h5-7,9-10,13-14,16-17,21H,8,11-12H2,1-4H3,(H,22,26)(H,23,25). The summed E-state index contributed by atoms with van der Waals surface area (Å²) in [4.78, 5) is 39.7. The van der Waals surface area contributed by atoms with Gasteiger partial charge in [-0.2, -0.15) is 0 Å². The number of carbonyl (C=O) groups is 3. The lowest BCUT2D eigenvalue weighted by molar-refractivity contribution is -0.141. The molecule has 0 aliphatic carbocycles. The van der Waals surface area contributed by atoms with Crippen LogP contribution in [0, 0.1) is 5.92 Å². The fourth-order valence-corrected chi connectivity index (χ4v) is 3.15. The van der Waals surface area contributed by atoms with Gasteiger partial charge in [-0.15, -0.1) is 0 Å². The van der Waals surface area contributed by atoms with Crippen LogP contribution in [0.25, 0.3) is 0 Å². The van der Waals surface area contributed by atoms with Gasteiger partial charge in [-0.3, -0.25) is 14.4 Å². The molecule has 1 aliphatic heterocycles. The molecule has 27 heavy (non-hydrogen) atoms. The maximum atomic E-state index is 13.1. The van der Waals surface area contributed by atoms with Gasteiger partial charge in [-0.1, -0.05) is 32.0 Å². The van der Waals surface area contributed by atoms with Crippen molar-refractivity contribution in [1.82, 2.24) is 15.5 Å². The number of para-hydroxylation sites is 1. The third-order valence-corrected chi connectivity index (χ3v) is 4.94. The number of anilines is 1. The number of hydrogen-bond acceptors (Lipinski definition) is 4. The van der Waals surface area contributed by atoms with Crippen molar-refractivity contribution in [3.8, 4) is 0 Å². The largest absolute Gasteiger partial charge is 0.343 e. The van der Waals surface area contributed by atoms with Crippen LogP contribution in [-0.2, 0) is 14.4 Å². The molecule has 1 aliphatic rings. The molecule has 1 aromatic rings. The molecule has 2 rings (SSSR count). The summed E-state index contributed by atoms with van der Waals surface area (Å²) < 4.78 is 0. The van der Waals surface area contributed by atoms with Crippen molar-refractivity contribution < 1.29 is 14.4 Å². The van der Waals surface area contributed by atoms with Crippen molar-refractivity contribution in [2.24, 2.45) is 5.92 Å². The van der Waals surface area contributed by atoms with Gasteiger partial charge in [0.25, 0.3) is 0 Å². The van der Waals surface area contributed by atoms with E-state index in [1.807, 2.05) is 44.2 Å². The topological polar surface area (TPSA) is 90.5 Å². The molecule has 1 fully saturated rings. The Bertz CT molecular complexity index is 662. The van der Waals surface area contributed by atoms with Crippen molar-refractivity contribution in [3.05, 3.63) is 30.3 Å². The predicted molar refractivity (Wildman–Crippen MR) is 105 cm³/mol. The summed E-state index contributed by atoms with van der Waals surface area (Å²) in [6, 6.07) is 7.64. The maximum absolute atomic E-state index is 13.1. The number of likely N-dealkylation sites (tertiary alicyclic amines) is 1. The van der Waals surface area contributed by atoms with Crippen LogP contribution in [0.1, 0.15) is 33.6 Å². The van der Waals surface area contributed by atoms with E-state index in [9.17, 15) is 14.4 Å². The van der Waals surface area contributed by atoms with Crippen molar-refractivity contribution in [1.29, 1.82) is 0 Å². The van der Waals surface area contributed by atoms with E-state index in [-0.39, 0.29) is 23.6 Å². The van der Waals surface area contributed by atoms with Gasteiger partial charge >= 0.3 is 0 Å². The fraction of sp³-hybridized carbons (Fsp3) is 0.550. The zero-order chi connectivity index (χ0) is 20.0. The smallest absolute Gasteiger partial charge is 0.247 e. The molecule has 148 valence electrons. The first-order chi connectivity index (χ1) is 12.8. The molecule has 3 unspecified atom stereocenters. The first-order valence-electron chi connectivity index (χ1n) is 9.49. The summed E-state index contributed by atoms with van der Waals surface area (Å²) in [6.07, 6.45) is 1.39. The summed E-state index contributed by atoms with van der Waals surface area (Å²) in [7, 11) is 1.70. The molecule has 3 N–H and O–H groups in total. The first kappa shape index (κ1) is 20.9. The van der Waals surface area contributed by atoms with Gasteiger partial charge in [0.1, 0.15) is 12.1 Å². The minimum Gasteiger partial charge on any atom is -0.343 e. The van der Waals surface area contributed by atoms with Crippen molar-refractivity contribution in [3.63, 3.8) is 0 Å². The molecule has 1 aromatic carbocycles.